The molecule has 2 aromatic heterocycles. The summed E-state index contributed by atoms with van der Waals surface area (Å²) in [6.07, 6.45) is 1.49. The standard InChI is InChI=1S/C21H16FN5O2/c1-12-8-14(22)4-5-16(12)26-11-27(17-6-7-20(28)25-13(17)2)21(29)15-9-19(23-3)24-10-18(15)26/h4-10H,11H2,1-2H3,(H,25,28). The highest BCUT2D eigenvalue weighted by atomic mass is 19.1. The lowest BCUT2D eigenvalue weighted by atomic mass is 10.1. The number of aromatic nitrogens is 2. The molecule has 1 amide bonds. The third-order valence-electron chi connectivity index (χ3n) is 4.86. The number of rotatable bonds is 2. The predicted octanol–water partition coefficient (Wildman–Crippen LogP) is 3.83. The molecule has 0 atom stereocenters. The minimum absolute atomic E-state index is 0.105. The number of amides is 1. The van der Waals surface area contributed by atoms with Crippen LogP contribution in [0.4, 0.5) is 27.3 Å². The molecule has 0 spiro atoms. The van der Waals surface area contributed by atoms with Gasteiger partial charge >= 0.3 is 0 Å². The fraction of sp³-hybridized carbons (Fsp3) is 0.143. The Balaban J connectivity index is 1.92. The molecule has 1 aliphatic rings. The number of aryl methyl sites for hydroxylation is 2. The Morgan fingerprint density at radius 1 is 1.07 bits per heavy atom. The van der Waals surface area contributed by atoms with Crippen LogP contribution in [0.1, 0.15) is 21.6 Å². The SMILES string of the molecule is [C-]#[N+]c1cc2c(cn1)N(c1ccc(F)cc1C)CN(c1ccc(=O)[nH]c1C)C2=O. The Morgan fingerprint density at radius 3 is 2.52 bits per heavy atom. The molecule has 0 radical (unpaired) electrons. The van der Waals surface area contributed by atoms with Crippen LogP contribution in [0.15, 0.2) is 47.4 Å². The quantitative estimate of drug-likeness (QED) is 0.676. The Hall–Kier alpha value is -3.99. The predicted molar refractivity (Wildman–Crippen MR) is 107 cm³/mol. The van der Waals surface area contributed by atoms with E-state index in [1.54, 1.807) is 26.0 Å². The average molecular weight is 389 g/mol. The first-order valence-electron chi connectivity index (χ1n) is 8.82. The lowest BCUT2D eigenvalue weighted by molar-refractivity contribution is 0.0983. The summed E-state index contributed by atoms with van der Waals surface area (Å²) in [5.41, 5.74) is 3.09. The molecule has 0 saturated heterocycles. The van der Waals surface area contributed by atoms with E-state index in [-0.39, 0.29) is 29.8 Å². The molecule has 8 heteroatoms. The number of halogens is 1. The van der Waals surface area contributed by atoms with Gasteiger partial charge in [-0.1, -0.05) is 6.57 Å². The molecule has 0 aliphatic carbocycles. The van der Waals surface area contributed by atoms with Gasteiger partial charge in [-0.3, -0.25) is 14.5 Å². The van der Waals surface area contributed by atoms with Gasteiger partial charge in [-0.2, -0.15) is 0 Å². The van der Waals surface area contributed by atoms with Crippen molar-refractivity contribution in [2.75, 3.05) is 16.5 Å². The maximum Gasteiger partial charge on any atom is 0.270 e. The highest BCUT2D eigenvalue weighted by Crippen LogP contribution is 2.38. The van der Waals surface area contributed by atoms with Crippen LogP contribution < -0.4 is 15.4 Å². The first kappa shape index (κ1) is 18.4. The average Bonchev–Trinajstić information content (AvgIpc) is 2.69. The van der Waals surface area contributed by atoms with E-state index in [1.165, 1.54) is 35.4 Å². The summed E-state index contributed by atoms with van der Waals surface area (Å²) in [5.74, 6) is -0.555. The maximum atomic E-state index is 13.6. The van der Waals surface area contributed by atoms with Gasteiger partial charge in [0.15, 0.2) is 0 Å². The number of carbonyl (C=O) groups excluding carboxylic acids is 1. The zero-order valence-corrected chi connectivity index (χ0v) is 15.7. The number of fused-ring (bicyclic) bond motifs is 1. The van der Waals surface area contributed by atoms with E-state index in [0.717, 1.165) is 0 Å². The van der Waals surface area contributed by atoms with Gasteiger partial charge in [-0.25, -0.2) is 4.39 Å². The van der Waals surface area contributed by atoms with Crippen molar-refractivity contribution in [2.24, 2.45) is 0 Å². The number of nitrogens with zero attached hydrogens (tertiary/aromatic N) is 4. The minimum atomic E-state index is -0.352. The second-order valence-electron chi connectivity index (χ2n) is 6.74. The van der Waals surface area contributed by atoms with Crippen LogP contribution in [0, 0.1) is 26.2 Å². The number of carbonyl (C=O) groups is 1. The molecule has 4 rings (SSSR count). The fourth-order valence-corrected chi connectivity index (χ4v) is 3.49. The maximum absolute atomic E-state index is 13.6. The van der Waals surface area contributed by atoms with E-state index >= 15 is 0 Å². The van der Waals surface area contributed by atoms with E-state index in [2.05, 4.69) is 14.8 Å². The Morgan fingerprint density at radius 2 is 1.83 bits per heavy atom. The van der Waals surface area contributed by atoms with Crippen LogP contribution >= 0.6 is 0 Å². The van der Waals surface area contributed by atoms with Crippen molar-refractivity contribution >= 4 is 28.8 Å². The lowest BCUT2D eigenvalue weighted by Gasteiger charge is -2.38. The summed E-state index contributed by atoms with van der Waals surface area (Å²) in [7, 11) is 0. The van der Waals surface area contributed by atoms with Crippen molar-refractivity contribution < 1.29 is 9.18 Å². The van der Waals surface area contributed by atoms with Gasteiger partial charge in [-0.05, 0) is 49.7 Å². The van der Waals surface area contributed by atoms with Crippen molar-refractivity contribution in [3.8, 4) is 0 Å². The topological polar surface area (TPSA) is 73.7 Å². The minimum Gasteiger partial charge on any atom is -0.361 e. The highest BCUT2D eigenvalue weighted by Gasteiger charge is 2.33. The number of pyridine rings is 2. The molecular weight excluding hydrogens is 373 g/mol. The van der Waals surface area contributed by atoms with Gasteiger partial charge in [-0.15, -0.1) is 4.98 Å². The van der Waals surface area contributed by atoms with E-state index in [1.807, 2.05) is 4.90 Å². The number of nitrogens with one attached hydrogen (secondary N) is 1. The summed E-state index contributed by atoms with van der Waals surface area (Å²) >= 11 is 0. The number of aromatic amines is 1. The summed E-state index contributed by atoms with van der Waals surface area (Å²) in [4.78, 5) is 38.3. The second kappa shape index (κ2) is 6.87. The summed E-state index contributed by atoms with van der Waals surface area (Å²) in [6, 6.07) is 8.81. The Kier molecular flexibility index (Phi) is 4.35. The summed E-state index contributed by atoms with van der Waals surface area (Å²) < 4.78 is 13.6. The van der Waals surface area contributed by atoms with E-state index < -0.39 is 0 Å². The van der Waals surface area contributed by atoms with Gasteiger partial charge in [0.25, 0.3) is 11.7 Å². The van der Waals surface area contributed by atoms with Crippen molar-refractivity contribution in [3.05, 3.63) is 87.0 Å². The van der Waals surface area contributed by atoms with Crippen LogP contribution in [0.3, 0.4) is 0 Å². The van der Waals surface area contributed by atoms with E-state index in [4.69, 9.17) is 6.57 Å². The number of hydrogen-bond acceptors (Lipinski definition) is 4. The van der Waals surface area contributed by atoms with Gasteiger partial charge < -0.3 is 14.7 Å². The zero-order valence-electron chi connectivity index (χ0n) is 15.7. The molecule has 1 N–H and O–H groups in total. The molecule has 0 bridgehead atoms. The molecule has 1 aromatic carbocycles. The summed E-state index contributed by atoms with van der Waals surface area (Å²) in [6.45, 7) is 10.9. The first-order chi connectivity index (χ1) is 13.9. The first-order valence-corrected chi connectivity index (χ1v) is 8.82. The number of benzene rings is 1. The lowest BCUT2D eigenvalue weighted by Crippen LogP contribution is -2.45. The van der Waals surface area contributed by atoms with Crippen LogP contribution in [0.5, 0.6) is 0 Å². The molecule has 0 fully saturated rings. The fourth-order valence-electron chi connectivity index (χ4n) is 3.49. The van der Waals surface area contributed by atoms with Crippen LogP contribution in [0.2, 0.25) is 0 Å². The monoisotopic (exact) mass is 389 g/mol. The number of H-pyrrole nitrogens is 1. The van der Waals surface area contributed by atoms with Gasteiger partial charge in [0.05, 0.1) is 16.9 Å². The highest BCUT2D eigenvalue weighted by molar-refractivity contribution is 6.13. The molecule has 7 nitrogen and oxygen atoms in total. The molecule has 29 heavy (non-hydrogen) atoms. The molecule has 3 heterocycles. The molecule has 1 aliphatic heterocycles. The molecule has 144 valence electrons. The molecular formula is C21H16FN5O2. The van der Waals surface area contributed by atoms with Crippen molar-refractivity contribution in [1.29, 1.82) is 0 Å². The van der Waals surface area contributed by atoms with Gasteiger partial charge in [0, 0.05) is 17.4 Å². The Bertz CT molecular complexity index is 1240. The summed E-state index contributed by atoms with van der Waals surface area (Å²) in [5, 5.41) is 0. The second-order valence-corrected chi connectivity index (χ2v) is 6.74. The van der Waals surface area contributed by atoms with Crippen LogP contribution in [-0.4, -0.2) is 22.5 Å². The third-order valence-corrected chi connectivity index (χ3v) is 4.86. The molecule has 3 aromatic rings. The van der Waals surface area contributed by atoms with Gasteiger partial charge in [0.2, 0.25) is 5.56 Å². The molecule has 0 saturated carbocycles. The smallest absolute Gasteiger partial charge is 0.270 e. The van der Waals surface area contributed by atoms with Gasteiger partial charge in [0.1, 0.15) is 18.7 Å². The largest absolute Gasteiger partial charge is 0.361 e. The number of hydrogen-bond donors (Lipinski definition) is 1. The normalized spacial score (nSPS) is 13.2. The third kappa shape index (κ3) is 3.12. The van der Waals surface area contributed by atoms with E-state index in [9.17, 15) is 14.0 Å². The van der Waals surface area contributed by atoms with Crippen molar-refractivity contribution in [3.63, 3.8) is 0 Å². The number of anilines is 3. The van der Waals surface area contributed by atoms with E-state index in [0.29, 0.717) is 33.9 Å². The van der Waals surface area contributed by atoms with Crippen LogP contribution in [0.25, 0.3) is 4.85 Å². The Labute approximate surface area is 165 Å². The van der Waals surface area contributed by atoms with Crippen molar-refractivity contribution in [1.82, 2.24) is 9.97 Å². The zero-order chi connectivity index (χ0) is 20.7. The molecule has 0 unspecified atom stereocenters. The van der Waals surface area contributed by atoms with Crippen molar-refractivity contribution in [2.45, 2.75) is 13.8 Å². The van der Waals surface area contributed by atoms with Crippen LogP contribution in [-0.2, 0) is 0 Å².